The maximum Gasteiger partial charge on any atom is 0.0602 e. The van der Waals surface area contributed by atoms with E-state index in [2.05, 4.69) is 28.9 Å². The van der Waals surface area contributed by atoms with Crippen LogP contribution in [0.3, 0.4) is 0 Å². The van der Waals surface area contributed by atoms with Gasteiger partial charge >= 0.3 is 0 Å². The minimum Gasteiger partial charge on any atom is -0.366 e. The number of aromatic nitrogens is 1. The fourth-order valence-corrected chi connectivity index (χ4v) is 2.75. The molecule has 0 bridgehead atoms. The van der Waals surface area contributed by atoms with Crippen LogP contribution in [0.4, 0.5) is 5.69 Å². The first kappa shape index (κ1) is 15.8. The van der Waals surface area contributed by atoms with Crippen molar-refractivity contribution in [1.82, 2.24) is 4.98 Å². The van der Waals surface area contributed by atoms with Gasteiger partial charge in [-0.25, -0.2) is 0 Å². The molecular weight excluding hydrogens is 282 g/mol. The normalized spacial score (nSPS) is 10.7. The first-order valence-corrected chi connectivity index (χ1v) is 7.68. The lowest BCUT2D eigenvalue weighted by Crippen LogP contribution is -2.24. The van der Waals surface area contributed by atoms with Gasteiger partial charge in [-0.1, -0.05) is 23.7 Å². The summed E-state index contributed by atoms with van der Waals surface area (Å²) in [5.41, 5.74) is 10.1. The van der Waals surface area contributed by atoms with Crippen LogP contribution in [0, 0.1) is 6.92 Å². The van der Waals surface area contributed by atoms with Crippen LogP contribution < -0.4 is 10.6 Å². The van der Waals surface area contributed by atoms with E-state index >= 15 is 0 Å². The van der Waals surface area contributed by atoms with Crippen molar-refractivity contribution in [3.63, 3.8) is 0 Å². The SMILES string of the molecule is CCN(Cc1cccc(C)n1)c1cccc(Cl)c1CCN. The van der Waals surface area contributed by atoms with Gasteiger partial charge in [0.15, 0.2) is 0 Å². The van der Waals surface area contributed by atoms with Gasteiger partial charge in [0, 0.05) is 22.9 Å². The number of benzene rings is 1. The number of anilines is 1. The van der Waals surface area contributed by atoms with E-state index < -0.39 is 0 Å². The number of nitrogens with zero attached hydrogens (tertiary/aromatic N) is 2. The molecule has 1 aromatic carbocycles. The van der Waals surface area contributed by atoms with Gasteiger partial charge < -0.3 is 10.6 Å². The number of nitrogens with two attached hydrogens (primary N) is 1. The molecule has 112 valence electrons. The monoisotopic (exact) mass is 303 g/mol. The van der Waals surface area contributed by atoms with Crippen molar-refractivity contribution in [3.05, 3.63) is 58.4 Å². The van der Waals surface area contributed by atoms with Crippen molar-refractivity contribution >= 4 is 17.3 Å². The van der Waals surface area contributed by atoms with E-state index in [1.54, 1.807) is 0 Å². The Morgan fingerprint density at radius 2 is 1.95 bits per heavy atom. The molecule has 0 spiro atoms. The lowest BCUT2D eigenvalue weighted by molar-refractivity contribution is 0.796. The van der Waals surface area contributed by atoms with E-state index in [0.29, 0.717) is 6.54 Å². The molecule has 0 fully saturated rings. The van der Waals surface area contributed by atoms with Gasteiger partial charge in [0.05, 0.1) is 12.2 Å². The minimum atomic E-state index is 0.594. The molecule has 0 unspecified atom stereocenters. The highest BCUT2D eigenvalue weighted by Crippen LogP contribution is 2.28. The van der Waals surface area contributed by atoms with Crippen LogP contribution in [-0.2, 0) is 13.0 Å². The van der Waals surface area contributed by atoms with Crippen molar-refractivity contribution in [2.24, 2.45) is 5.73 Å². The summed E-state index contributed by atoms with van der Waals surface area (Å²) in [5, 5.41) is 0.786. The molecule has 2 aromatic rings. The van der Waals surface area contributed by atoms with Crippen LogP contribution in [-0.4, -0.2) is 18.1 Å². The van der Waals surface area contributed by atoms with Gasteiger partial charge in [-0.2, -0.15) is 0 Å². The highest BCUT2D eigenvalue weighted by molar-refractivity contribution is 6.31. The third-order valence-corrected chi connectivity index (χ3v) is 3.86. The molecule has 21 heavy (non-hydrogen) atoms. The lowest BCUT2D eigenvalue weighted by Gasteiger charge is -2.26. The van der Waals surface area contributed by atoms with Gasteiger partial charge in [-0.05, 0) is 56.6 Å². The molecule has 2 N–H and O–H groups in total. The molecule has 0 aliphatic rings. The second-order valence-electron chi connectivity index (χ2n) is 5.06. The summed E-state index contributed by atoms with van der Waals surface area (Å²) in [4.78, 5) is 6.88. The smallest absolute Gasteiger partial charge is 0.0602 e. The zero-order chi connectivity index (χ0) is 15.2. The molecule has 0 radical (unpaired) electrons. The zero-order valence-electron chi connectivity index (χ0n) is 12.6. The Labute approximate surface area is 131 Å². The third kappa shape index (κ3) is 3.96. The number of aryl methyl sites for hydroxylation is 1. The average Bonchev–Trinajstić information content (AvgIpc) is 2.47. The molecular formula is C17H22ClN3. The van der Waals surface area contributed by atoms with E-state index in [4.69, 9.17) is 17.3 Å². The standard InChI is InChI=1S/C17H22ClN3/c1-3-21(12-14-7-4-6-13(2)20-14)17-9-5-8-16(18)15(17)10-11-19/h4-9H,3,10-12,19H2,1-2H3. The summed E-state index contributed by atoms with van der Waals surface area (Å²) >= 11 is 6.34. The van der Waals surface area contributed by atoms with Crippen LogP contribution in [0.25, 0.3) is 0 Å². The van der Waals surface area contributed by atoms with Gasteiger partial charge in [-0.15, -0.1) is 0 Å². The molecule has 3 nitrogen and oxygen atoms in total. The summed E-state index contributed by atoms with van der Waals surface area (Å²) in [5.74, 6) is 0. The zero-order valence-corrected chi connectivity index (χ0v) is 13.4. The van der Waals surface area contributed by atoms with Crippen molar-refractivity contribution in [2.45, 2.75) is 26.8 Å². The van der Waals surface area contributed by atoms with Crippen LogP contribution in [0.2, 0.25) is 5.02 Å². The second kappa shape index (κ2) is 7.43. The largest absolute Gasteiger partial charge is 0.366 e. The number of hydrogen-bond donors (Lipinski definition) is 1. The van der Waals surface area contributed by atoms with Crippen molar-refractivity contribution in [2.75, 3.05) is 18.0 Å². The van der Waals surface area contributed by atoms with Gasteiger partial charge in [0.1, 0.15) is 0 Å². The molecule has 0 atom stereocenters. The third-order valence-electron chi connectivity index (χ3n) is 3.51. The Morgan fingerprint density at radius 3 is 2.62 bits per heavy atom. The van der Waals surface area contributed by atoms with Crippen LogP contribution in [0.1, 0.15) is 23.9 Å². The molecule has 0 aliphatic heterocycles. The highest BCUT2D eigenvalue weighted by Gasteiger charge is 2.13. The number of pyridine rings is 1. The van der Waals surface area contributed by atoms with Crippen molar-refractivity contribution in [1.29, 1.82) is 0 Å². The number of halogens is 1. The van der Waals surface area contributed by atoms with E-state index in [9.17, 15) is 0 Å². The average molecular weight is 304 g/mol. The van der Waals surface area contributed by atoms with Crippen LogP contribution >= 0.6 is 11.6 Å². The highest BCUT2D eigenvalue weighted by atomic mass is 35.5. The summed E-state index contributed by atoms with van der Waals surface area (Å²) < 4.78 is 0. The molecule has 1 heterocycles. The van der Waals surface area contributed by atoms with E-state index in [-0.39, 0.29) is 0 Å². The second-order valence-corrected chi connectivity index (χ2v) is 5.47. The Morgan fingerprint density at radius 1 is 1.19 bits per heavy atom. The fourth-order valence-electron chi connectivity index (χ4n) is 2.49. The minimum absolute atomic E-state index is 0.594. The number of rotatable bonds is 6. The van der Waals surface area contributed by atoms with E-state index in [0.717, 1.165) is 47.2 Å². The summed E-state index contributed by atoms with van der Waals surface area (Å²) in [7, 11) is 0. The Kier molecular flexibility index (Phi) is 5.59. The first-order valence-electron chi connectivity index (χ1n) is 7.30. The quantitative estimate of drug-likeness (QED) is 0.887. The maximum atomic E-state index is 6.34. The van der Waals surface area contributed by atoms with E-state index in [1.807, 2.05) is 31.2 Å². The Balaban J connectivity index is 2.31. The summed E-state index contributed by atoms with van der Waals surface area (Å²) in [6, 6.07) is 12.1. The van der Waals surface area contributed by atoms with Crippen LogP contribution in [0.5, 0.6) is 0 Å². The predicted octanol–water partition coefficient (Wildman–Crippen LogP) is 3.57. The fraction of sp³-hybridized carbons (Fsp3) is 0.353. The molecule has 0 saturated carbocycles. The van der Waals surface area contributed by atoms with Gasteiger partial charge in [0.25, 0.3) is 0 Å². The van der Waals surface area contributed by atoms with Gasteiger partial charge in [0.2, 0.25) is 0 Å². The first-order chi connectivity index (χ1) is 10.2. The lowest BCUT2D eigenvalue weighted by atomic mass is 10.1. The maximum absolute atomic E-state index is 6.34. The van der Waals surface area contributed by atoms with Gasteiger partial charge in [-0.3, -0.25) is 4.98 Å². The Hall–Kier alpha value is -1.58. The van der Waals surface area contributed by atoms with Crippen molar-refractivity contribution in [3.8, 4) is 0 Å². The molecule has 0 amide bonds. The van der Waals surface area contributed by atoms with Crippen LogP contribution in [0.15, 0.2) is 36.4 Å². The Bertz CT molecular complexity index is 598. The number of hydrogen-bond acceptors (Lipinski definition) is 3. The predicted molar refractivity (Wildman–Crippen MR) is 89.9 cm³/mol. The molecule has 0 aliphatic carbocycles. The molecule has 1 aromatic heterocycles. The molecule has 4 heteroatoms. The van der Waals surface area contributed by atoms with Crippen molar-refractivity contribution < 1.29 is 0 Å². The molecule has 0 saturated heterocycles. The topological polar surface area (TPSA) is 42.2 Å². The molecule has 2 rings (SSSR count). The van der Waals surface area contributed by atoms with E-state index in [1.165, 1.54) is 0 Å². The summed E-state index contributed by atoms with van der Waals surface area (Å²) in [6.45, 7) is 6.42. The summed E-state index contributed by atoms with van der Waals surface area (Å²) in [6.07, 6.45) is 0.784.